The van der Waals surface area contributed by atoms with Gasteiger partial charge in [0.25, 0.3) is 0 Å². The Morgan fingerprint density at radius 2 is 2.33 bits per heavy atom. The fourth-order valence-corrected chi connectivity index (χ4v) is 0.411. The van der Waals surface area contributed by atoms with Gasteiger partial charge in [-0.1, -0.05) is 6.92 Å². The molecule has 0 aromatic carbocycles. The zero-order chi connectivity index (χ0) is 9.78. The number of rotatable bonds is 4. The molecule has 1 atom stereocenters. The van der Waals surface area contributed by atoms with E-state index < -0.39 is 16.1 Å². The van der Waals surface area contributed by atoms with Gasteiger partial charge in [0.15, 0.2) is 0 Å². The number of hydrogen-bond donors (Lipinski definition) is 0. The molecule has 0 radical (unpaired) electrons. The first-order valence-electron chi connectivity index (χ1n) is 3.12. The summed E-state index contributed by atoms with van der Waals surface area (Å²) in [4.78, 5) is 18.8. The highest BCUT2D eigenvalue weighted by Gasteiger charge is 2.52. The minimum absolute atomic E-state index is 0.0922. The van der Waals surface area contributed by atoms with E-state index in [-0.39, 0.29) is 6.61 Å². The quantitative estimate of drug-likeness (QED) is 0.223. The lowest BCUT2D eigenvalue weighted by molar-refractivity contribution is -0.560. The summed E-state index contributed by atoms with van der Waals surface area (Å²) in [5.74, 6) is -1.68. The van der Waals surface area contributed by atoms with Crippen molar-refractivity contribution in [1.29, 1.82) is 0 Å². The standard InChI is InChI=1S/C5H7ClFNO4/c1-2-3-12-4(9)5(6,7)8(10)11/h2-3H2,1H3. The highest BCUT2D eigenvalue weighted by atomic mass is 35.5. The Morgan fingerprint density at radius 1 is 1.83 bits per heavy atom. The van der Waals surface area contributed by atoms with Crippen LogP contribution < -0.4 is 0 Å². The average Bonchev–Trinajstić information content (AvgIpc) is 1.99. The van der Waals surface area contributed by atoms with E-state index in [4.69, 9.17) is 0 Å². The third-order valence-corrected chi connectivity index (χ3v) is 1.20. The largest absolute Gasteiger partial charge is 0.535 e. The zero-order valence-corrected chi connectivity index (χ0v) is 7.01. The molecule has 70 valence electrons. The van der Waals surface area contributed by atoms with E-state index in [0.29, 0.717) is 6.42 Å². The lowest BCUT2D eigenvalue weighted by Gasteiger charge is -2.07. The second kappa shape index (κ2) is 4.20. The fraction of sp³-hybridized carbons (Fsp3) is 0.800. The number of esters is 1. The van der Waals surface area contributed by atoms with Crippen molar-refractivity contribution in [1.82, 2.24) is 0 Å². The molecule has 7 heteroatoms. The molecule has 5 nitrogen and oxygen atoms in total. The van der Waals surface area contributed by atoms with Gasteiger partial charge in [0.2, 0.25) is 0 Å². The highest BCUT2D eigenvalue weighted by Crippen LogP contribution is 2.19. The normalized spacial score (nSPS) is 14.9. The average molecular weight is 200 g/mol. The summed E-state index contributed by atoms with van der Waals surface area (Å²) >= 11 is 4.62. The number of ether oxygens (including phenoxy) is 1. The Morgan fingerprint density at radius 3 is 2.67 bits per heavy atom. The molecule has 0 spiro atoms. The molecule has 0 bridgehead atoms. The molecule has 0 saturated carbocycles. The number of halogens is 2. The van der Waals surface area contributed by atoms with E-state index in [9.17, 15) is 19.3 Å². The maximum atomic E-state index is 12.5. The number of carbonyl (C=O) groups is 1. The number of nitrogens with zero attached hydrogens (tertiary/aromatic N) is 1. The lowest BCUT2D eigenvalue weighted by Crippen LogP contribution is -2.37. The summed E-state index contributed by atoms with van der Waals surface area (Å²) in [5.41, 5.74) is 0. The molecule has 0 rings (SSSR count). The van der Waals surface area contributed by atoms with E-state index >= 15 is 0 Å². The van der Waals surface area contributed by atoms with Crippen molar-refractivity contribution in [3.05, 3.63) is 10.1 Å². The smallest absolute Gasteiger partial charge is 0.457 e. The molecule has 12 heavy (non-hydrogen) atoms. The van der Waals surface area contributed by atoms with Crippen LogP contribution in [0.1, 0.15) is 13.3 Å². The van der Waals surface area contributed by atoms with Crippen molar-refractivity contribution in [3.8, 4) is 0 Å². The van der Waals surface area contributed by atoms with E-state index in [2.05, 4.69) is 16.3 Å². The minimum Gasteiger partial charge on any atom is -0.457 e. The molecule has 0 aliphatic heterocycles. The van der Waals surface area contributed by atoms with Crippen LogP contribution in [-0.2, 0) is 9.53 Å². The van der Waals surface area contributed by atoms with Crippen molar-refractivity contribution in [2.75, 3.05) is 6.61 Å². The molecule has 0 aromatic heterocycles. The fourth-order valence-electron chi connectivity index (χ4n) is 0.356. The van der Waals surface area contributed by atoms with Gasteiger partial charge in [-0.25, -0.2) is 4.79 Å². The topological polar surface area (TPSA) is 69.4 Å². The predicted octanol–water partition coefficient (Wildman–Crippen LogP) is 1.08. The second-order valence-electron chi connectivity index (χ2n) is 1.93. The Hall–Kier alpha value is -0.910. The van der Waals surface area contributed by atoms with Crippen LogP contribution >= 0.6 is 11.6 Å². The zero-order valence-electron chi connectivity index (χ0n) is 6.25. The number of nitro groups is 1. The van der Waals surface area contributed by atoms with Gasteiger partial charge in [0.05, 0.1) is 11.5 Å². The molecule has 0 N–H and O–H groups in total. The summed E-state index contributed by atoms with van der Waals surface area (Å²) < 4.78 is 16.7. The van der Waals surface area contributed by atoms with Crippen molar-refractivity contribution in [2.24, 2.45) is 0 Å². The minimum atomic E-state index is -3.66. The van der Waals surface area contributed by atoms with Crippen LogP contribution in [0.3, 0.4) is 0 Å². The van der Waals surface area contributed by atoms with Gasteiger partial charge < -0.3 is 4.74 Å². The predicted molar refractivity (Wildman–Crippen MR) is 37.9 cm³/mol. The van der Waals surface area contributed by atoms with E-state index in [1.165, 1.54) is 0 Å². The summed E-state index contributed by atoms with van der Waals surface area (Å²) in [6.07, 6.45) is 0.441. The van der Waals surface area contributed by atoms with Crippen molar-refractivity contribution in [3.63, 3.8) is 0 Å². The molecule has 1 unspecified atom stereocenters. The van der Waals surface area contributed by atoms with E-state index in [0.717, 1.165) is 0 Å². The van der Waals surface area contributed by atoms with Crippen molar-refractivity contribution < 1.29 is 18.8 Å². The number of carbonyl (C=O) groups excluding carboxylic acids is 1. The molecule has 0 heterocycles. The van der Waals surface area contributed by atoms with Gasteiger partial charge in [-0.15, -0.1) is 4.39 Å². The van der Waals surface area contributed by atoms with Gasteiger partial charge in [0.1, 0.15) is 0 Å². The van der Waals surface area contributed by atoms with Crippen molar-refractivity contribution >= 4 is 17.6 Å². The summed E-state index contributed by atoms with van der Waals surface area (Å²) in [5, 5.41) is 6.17. The number of alkyl halides is 2. The Kier molecular flexibility index (Phi) is 3.88. The maximum absolute atomic E-state index is 12.5. The van der Waals surface area contributed by atoms with Gasteiger partial charge in [-0.2, -0.15) is 0 Å². The summed E-state index contributed by atoms with van der Waals surface area (Å²) in [6, 6.07) is 0. The molecule has 0 aliphatic carbocycles. The Labute approximate surface area is 72.6 Å². The molecular formula is C5H7ClFNO4. The molecule has 0 aliphatic rings. The van der Waals surface area contributed by atoms with Crippen LogP contribution in [0.4, 0.5) is 4.39 Å². The molecular weight excluding hydrogens is 193 g/mol. The molecule has 0 aromatic rings. The van der Waals surface area contributed by atoms with Gasteiger partial charge >= 0.3 is 11.2 Å². The van der Waals surface area contributed by atoms with Crippen molar-refractivity contribution in [2.45, 2.75) is 18.6 Å². The van der Waals surface area contributed by atoms with Crippen LogP contribution in [0.2, 0.25) is 0 Å². The van der Waals surface area contributed by atoms with Gasteiger partial charge in [-0.05, 0) is 6.42 Å². The van der Waals surface area contributed by atoms with Crippen LogP contribution in [0.5, 0.6) is 0 Å². The van der Waals surface area contributed by atoms with Crippen LogP contribution in [0.15, 0.2) is 0 Å². The third kappa shape index (κ3) is 2.61. The summed E-state index contributed by atoms with van der Waals surface area (Å²) in [7, 11) is 0. The SMILES string of the molecule is CCCOC(=O)C(F)(Cl)[N+](=O)[O-]. The van der Waals surface area contributed by atoms with Gasteiger partial charge in [-0.3, -0.25) is 10.1 Å². The van der Waals surface area contributed by atoms with Crippen LogP contribution in [0.25, 0.3) is 0 Å². The highest BCUT2D eigenvalue weighted by molar-refractivity contribution is 6.31. The third-order valence-electron chi connectivity index (χ3n) is 0.912. The Balaban J connectivity index is 4.16. The van der Waals surface area contributed by atoms with E-state index in [1.54, 1.807) is 6.92 Å². The van der Waals surface area contributed by atoms with E-state index in [1.807, 2.05) is 0 Å². The first kappa shape index (κ1) is 11.1. The Bertz CT molecular complexity index is 196. The monoisotopic (exact) mass is 199 g/mol. The first-order valence-corrected chi connectivity index (χ1v) is 3.50. The number of hydrogen-bond acceptors (Lipinski definition) is 4. The molecule has 0 fully saturated rings. The summed E-state index contributed by atoms with van der Waals surface area (Å²) in [6.45, 7) is 1.57. The molecule has 0 amide bonds. The van der Waals surface area contributed by atoms with Crippen LogP contribution in [-0.4, -0.2) is 22.8 Å². The molecule has 0 saturated heterocycles. The lowest BCUT2D eigenvalue weighted by atomic mass is 10.5. The van der Waals surface area contributed by atoms with Crippen LogP contribution in [0, 0.1) is 10.1 Å². The maximum Gasteiger partial charge on any atom is 0.535 e. The van der Waals surface area contributed by atoms with Gasteiger partial charge in [0, 0.05) is 11.6 Å². The second-order valence-corrected chi connectivity index (χ2v) is 2.44. The first-order chi connectivity index (χ1) is 5.42.